The molecule has 0 spiro atoms. The monoisotopic (exact) mass is 261 g/mol. The summed E-state index contributed by atoms with van der Waals surface area (Å²) in [6.45, 7) is 0.547. The van der Waals surface area contributed by atoms with Gasteiger partial charge >= 0.3 is 5.97 Å². The van der Waals surface area contributed by atoms with Crippen molar-refractivity contribution < 1.29 is 9.90 Å². The smallest absolute Gasteiger partial charge is 0.304 e. The highest BCUT2D eigenvalue weighted by Crippen LogP contribution is 2.34. The number of carbonyl (C=O) groups is 1. The van der Waals surface area contributed by atoms with E-state index in [2.05, 4.69) is 29.6 Å². The number of aliphatic carboxylic acids is 1. The Morgan fingerprint density at radius 2 is 1.89 bits per heavy atom. The van der Waals surface area contributed by atoms with Crippen LogP contribution in [0.2, 0.25) is 0 Å². The van der Waals surface area contributed by atoms with Gasteiger partial charge in [0.1, 0.15) is 0 Å². The predicted octanol–water partition coefficient (Wildman–Crippen LogP) is 3.37. The van der Waals surface area contributed by atoms with E-state index in [4.69, 9.17) is 5.11 Å². The Kier molecular flexibility index (Phi) is 5.40. The number of rotatable bonds is 6. The van der Waals surface area contributed by atoms with E-state index in [1.54, 1.807) is 0 Å². The maximum absolute atomic E-state index is 10.7. The second-order valence-electron chi connectivity index (χ2n) is 5.38. The molecule has 1 unspecified atom stereocenters. The molecule has 0 saturated heterocycles. The Morgan fingerprint density at radius 1 is 1.21 bits per heavy atom. The third-order valence-electron chi connectivity index (χ3n) is 3.98. The standard InChI is InChI=1S/C16H23NO2/c18-15(19)11-12-17-16(13-7-3-1-4-8-13)14-9-5-2-6-10-14/h1,3-4,7-8,14,16-17H,2,5-6,9-12H2,(H,18,19). The van der Waals surface area contributed by atoms with Gasteiger partial charge in [0.15, 0.2) is 0 Å². The first-order valence-electron chi connectivity index (χ1n) is 7.27. The highest BCUT2D eigenvalue weighted by Gasteiger charge is 2.24. The number of hydrogen-bond donors (Lipinski definition) is 2. The van der Waals surface area contributed by atoms with Crippen LogP contribution in [-0.2, 0) is 4.79 Å². The molecule has 0 bridgehead atoms. The lowest BCUT2D eigenvalue weighted by molar-refractivity contribution is -0.136. The molecule has 0 aliphatic heterocycles. The molecule has 0 aromatic heterocycles. The summed E-state index contributed by atoms with van der Waals surface area (Å²) in [5, 5.41) is 12.2. The van der Waals surface area contributed by atoms with Crippen molar-refractivity contribution >= 4 is 5.97 Å². The van der Waals surface area contributed by atoms with Crippen LogP contribution < -0.4 is 5.32 Å². The molecule has 1 aromatic rings. The van der Waals surface area contributed by atoms with Crippen molar-refractivity contribution in [2.24, 2.45) is 5.92 Å². The minimum atomic E-state index is -0.733. The van der Waals surface area contributed by atoms with Crippen LogP contribution in [0.5, 0.6) is 0 Å². The van der Waals surface area contributed by atoms with Gasteiger partial charge in [-0.2, -0.15) is 0 Å². The third-order valence-corrected chi connectivity index (χ3v) is 3.98. The van der Waals surface area contributed by atoms with Gasteiger partial charge in [-0.05, 0) is 24.3 Å². The van der Waals surface area contributed by atoms with Crippen LogP contribution in [0.25, 0.3) is 0 Å². The van der Waals surface area contributed by atoms with Gasteiger partial charge in [0, 0.05) is 12.6 Å². The molecule has 1 fully saturated rings. The molecule has 0 amide bonds. The van der Waals surface area contributed by atoms with E-state index >= 15 is 0 Å². The zero-order valence-electron chi connectivity index (χ0n) is 11.3. The lowest BCUT2D eigenvalue weighted by atomic mass is 9.81. The van der Waals surface area contributed by atoms with E-state index in [9.17, 15) is 4.79 Å². The van der Waals surface area contributed by atoms with Crippen LogP contribution >= 0.6 is 0 Å². The van der Waals surface area contributed by atoms with E-state index in [-0.39, 0.29) is 6.42 Å². The molecule has 2 N–H and O–H groups in total. The lowest BCUT2D eigenvalue weighted by Gasteiger charge is -2.31. The minimum Gasteiger partial charge on any atom is -0.481 e. The number of carboxylic acids is 1. The average molecular weight is 261 g/mol. The fourth-order valence-electron chi connectivity index (χ4n) is 3.02. The summed E-state index contributed by atoms with van der Waals surface area (Å²) in [6.07, 6.45) is 6.63. The number of carboxylic acid groups (broad SMARTS) is 1. The fraction of sp³-hybridized carbons (Fsp3) is 0.562. The van der Waals surface area contributed by atoms with Crippen LogP contribution in [0.1, 0.15) is 50.1 Å². The number of nitrogens with one attached hydrogen (secondary N) is 1. The predicted molar refractivity (Wildman–Crippen MR) is 76.0 cm³/mol. The lowest BCUT2D eigenvalue weighted by Crippen LogP contribution is -2.31. The molecule has 104 valence electrons. The molecule has 3 nitrogen and oxygen atoms in total. The summed E-state index contributed by atoms with van der Waals surface area (Å²) in [5.41, 5.74) is 1.29. The summed E-state index contributed by atoms with van der Waals surface area (Å²) in [6, 6.07) is 10.7. The first-order chi connectivity index (χ1) is 9.27. The molecular formula is C16H23NO2. The van der Waals surface area contributed by atoms with E-state index < -0.39 is 5.97 Å². The van der Waals surface area contributed by atoms with Gasteiger partial charge in [-0.25, -0.2) is 0 Å². The Labute approximate surface area is 115 Å². The van der Waals surface area contributed by atoms with E-state index in [1.165, 1.54) is 37.7 Å². The van der Waals surface area contributed by atoms with Crippen molar-refractivity contribution in [2.45, 2.75) is 44.6 Å². The fourth-order valence-corrected chi connectivity index (χ4v) is 3.02. The van der Waals surface area contributed by atoms with E-state index in [1.807, 2.05) is 6.07 Å². The van der Waals surface area contributed by atoms with Gasteiger partial charge in [-0.1, -0.05) is 49.6 Å². The molecule has 1 atom stereocenters. The topological polar surface area (TPSA) is 49.3 Å². The summed E-state index contributed by atoms with van der Waals surface area (Å²) in [4.78, 5) is 10.7. The van der Waals surface area contributed by atoms with Gasteiger partial charge in [0.25, 0.3) is 0 Å². The van der Waals surface area contributed by atoms with Crippen LogP contribution in [0.4, 0.5) is 0 Å². The van der Waals surface area contributed by atoms with Gasteiger partial charge < -0.3 is 10.4 Å². The Balaban J connectivity index is 2.01. The largest absolute Gasteiger partial charge is 0.481 e. The normalized spacial score (nSPS) is 18.1. The molecule has 0 radical (unpaired) electrons. The van der Waals surface area contributed by atoms with Crippen molar-refractivity contribution in [3.63, 3.8) is 0 Å². The second kappa shape index (κ2) is 7.29. The van der Waals surface area contributed by atoms with Crippen molar-refractivity contribution in [3.05, 3.63) is 35.9 Å². The molecular weight excluding hydrogens is 238 g/mol. The SMILES string of the molecule is O=C(O)CCNC(c1ccccc1)C1CCCCC1. The second-order valence-corrected chi connectivity index (χ2v) is 5.38. The Bertz CT molecular complexity index is 385. The molecule has 1 aliphatic rings. The average Bonchev–Trinajstić information content (AvgIpc) is 2.45. The Hall–Kier alpha value is -1.35. The van der Waals surface area contributed by atoms with Gasteiger partial charge in [-0.15, -0.1) is 0 Å². The van der Waals surface area contributed by atoms with E-state index in [0.717, 1.165) is 0 Å². The van der Waals surface area contributed by atoms with E-state index in [0.29, 0.717) is 18.5 Å². The number of benzene rings is 1. The zero-order chi connectivity index (χ0) is 13.5. The summed E-state index contributed by atoms with van der Waals surface area (Å²) in [7, 11) is 0. The van der Waals surface area contributed by atoms with Crippen LogP contribution in [0.15, 0.2) is 30.3 Å². The molecule has 1 aromatic carbocycles. The highest BCUT2D eigenvalue weighted by atomic mass is 16.4. The maximum Gasteiger partial charge on any atom is 0.304 e. The highest BCUT2D eigenvalue weighted by molar-refractivity contribution is 5.66. The van der Waals surface area contributed by atoms with Crippen molar-refractivity contribution in [3.8, 4) is 0 Å². The maximum atomic E-state index is 10.7. The van der Waals surface area contributed by atoms with Gasteiger partial charge in [0.2, 0.25) is 0 Å². The molecule has 2 rings (SSSR count). The molecule has 0 heterocycles. The minimum absolute atomic E-state index is 0.191. The Morgan fingerprint density at radius 3 is 2.53 bits per heavy atom. The van der Waals surface area contributed by atoms with Crippen LogP contribution in [-0.4, -0.2) is 17.6 Å². The van der Waals surface area contributed by atoms with Crippen molar-refractivity contribution in [1.82, 2.24) is 5.32 Å². The molecule has 19 heavy (non-hydrogen) atoms. The molecule has 1 aliphatic carbocycles. The molecule has 1 saturated carbocycles. The summed E-state index contributed by atoms with van der Waals surface area (Å²) >= 11 is 0. The van der Waals surface area contributed by atoms with Crippen LogP contribution in [0.3, 0.4) is 0 Å². The van der Waals surface area contributed by atoms with Gasteiger partial charge in [0.05, 0.1) is 6.42 Å². The van der Waals surface area contributed by atoms with Gasteiger partial charge in [-0.3, -0.25) is 4.79 Å². The third kappa shape index (κ3) is 4.35. The first-order valence-corrected chi connectivity index (χ1v) is 7.27. The zero-order valence-corrected chi connectivity index (χ0v) is 11.3. The first kappa shape index (κ1) is 14.1. The summed E-state index contributed by atoms with van der Waals surface area (Å²) < 4.78 is 0. The van der Waals surface area contributed by atoms with Crippen LogP contribution in [0, 0.1) is 5.92 Å². The summed E-state index contributed by atoms with van der Waals surface area (Å²) in [5.74, 6) is -0.0899. The number of hydrogen-bond acceptors (Lipinski definition) is 2. The van der Waals surface area contributed by atoms with Crippen molar-refractivity contribution in [2.75, 3.05) is 6.54 Å². The quantitative estimate of drug-likeness (QED) is 0.825. The molecule has 3 heteroatoms. The van der Waals surface area contributed by atoms with Crippen molar-refractivity contribution in [1.29, 1.82) is 0 Å².